The third kappa shape index (κ3) is 6.59. The molecule has 2 N–H and O–H groups in total. The minimum atomic E-state index is -4.32. The number of rotatable bonds is 5. The summed E-state index contributed by atoms with van der Waals surface area (Å²) < 4.78 is 35.9. The lowest BCUT2D eigenvalue weighted by molar-refractivity contribution is -0.144. The summed E-state index contributed by atoms with van der Waals surface area (Å²) >= 11 is 1.37. The number of amides is 1. The first kappa shape index (κ1) is 16.5. The van der Waals surface area contributed by atoms with Crippen molar-refractivity contribution >= 4 is 17.2 Å². The second kappa shape index (κ2) is 7.92. The van der Waals surface area contributed by atoms with Gasteiger partial charge in [-0.2, -0.15) is 13.2 Å². The van der Waals surface area contributed by atoms with Crippen LogP contribution in [0.2, 0.25) is 0 Å². The van der Waals surface area contributed by atoms with Crippen LogP contribution in [0, 0.1) is 11.8 Å². The van der Waals surface area contributed by atoms with Gasteiger partial charge in [0.1, 0.15) is 0 Å². The van der Waals surface area contributed by atoms with Crippen LogP contribution in [0.3, 0.4) is 0 Å². The maximum Gasteiger partial charge on any atom is 0.389 e. The van der Waals surface area contributed by atoms with E-state index < -0.39 is 24.9 Å². The highest BCUT2D eigenvalue weighted by Crippen LogP contribution is 2.21. The molecule has 0 unspecified atom stereocenters. The molecular formula is C13H14F3NO2S. The number of aliphatic hydroxyl groups is 1. The summed E-state index contributed by atoms with van der Waals surface area (Å²) in [6.07, 6.45) is -5.65. The van der Waals surface area contributed by atoms with Crippen molar-refractivity contribution in [3.63, 3.8) is 0 Å². The second-order valence-corrected chi connectivity index (χ2v) is 4.93. The van der Waals surface area contributed by atoms with Crippen molar-refractivity contribution in [3.8, 4) is 11.8 Å². The number of halogens is 3. The zero-order valence-corrected chi connectivity index (χ0v) is 11.4. The van der Waals surface area contributed by atoms with E-state index >= 15 is 0 Å². The van der Waals surface area contributed by atoms with Crippen LogP contribution in [-0.4, -0.2) is 23.8 Å². The number of hydrogen-bond acceptors (Lipinski definition) is 3. The first-order valence-corrected chi connectivity index (χ1v) is 6.80. The Labute approximate surface area is 118 Å². The Morgan fingerprint density at radius 2 is 2.20 bits per heavy atom. The maximum absolute atomic E-state index is 12.0. The molecule has 1 heterocycles. The fraction of sp³-hybridized carbons (Fsp3) is 0.462. The van der Waals surface area contributed by atoms with Gasteiger partial charge in [0.25, 0.3) is 0 Å². The average molecular weight is 305 g/mol. The number of hydrogen-bond donors (Lipinski definition) is 2. The van der Waals surface area contributed by atoms with Crippen LogP contribution in [0.5, 0.6) is 0 Å². The summed E-state index contributed by atoms with van der Waals surface area (Å²) in [4.78, 5) is 12.1. The van der Waals surface area contributed by atoms with E-state index in [2.05, 4.69) is 17.2 Å². The van der Waals surface area contributed by atoms with E-state index in [4.69, 9.17) is 5.11 Å². The molecule has 0 aliphatic heterocycles. The minimum Gasteiger partial charge on any atom is -0.395 e. The van der Waals surface area contributed by atoms with Gasteiger partial charge in [-0.25, -0.2) is 0 Å². The predicted molar refractivity (Wildman–Crippen MR) is 70.0 cm³/mol. The van der Waals surface area contributed by atoms with Crippen LogP contribution in [0.1, 0.15) is 29.7 Å². The van der Waals surface area contributed by atoms with Crippen molar-refractivity contribution in [2.45, 2.75) is 32.0 Å². The lowest BCUT2D eigenvalue weighted by atomic mass is 10.2. The Hall–Kier alpha value is -1.52. The van der Waals surface area contributed by atoms with Crippen molar-refractivity contribution < 1.29 is 23.1 Å². The number of nitrogens with one attached hydrogen (secondary N) is 1. The molecule has 0 spiro atoms. The third-order valence-electron chi connectivity index (χ3n) is 2.29. The van der Waals surface area contributed by atoms with Crippen molar-refractivity contribution in [1.82, 2.24) is 5.32 Å². The lowest BCUT2D eigenvalue weighted by Crippen LogP contribution is -2.24. The number of alkyl halides is 3. The van der Waals surface area contributed by atoms with Gasteiger partial charge in [0, 0.05) is 23.3 Å². The van der Waals surface area contributed by atoms with Gasteiger partial charge in [0.05, 0.1) is 19.6 Å². The van der Waals surface area contributed by atoms with E-state index in [9.17, 15) is 18.0 Å². The van der Waals surface area contributed by atoms with Crippen LogP contribution >= 0.6 is 11.3 Å². The summed E-state index contributed by atoms with van der Waals surface area (Å²) in [5.41, 5.74) is 0.722. The van der Waals surface area contributed by atoms with Gasteiger partial charge >= 0.3 is 6.18 Å². The molecule has 0 radical (unpaired) electrons. The molecule has 1 aromatic rings. The zero-order valence-electron chi connectivity index (χ0n) is 10.6. The molecule has 0 fully saturated rings. The number of thiophene rings is 1. The smallest absolute Gasteiger partial charge is 0.389 e. The number of carbonyl (C=O) groups is 1. The van der Waals surface area contributed by atoms with E-state index in [1.54, 1.807) is 11.4 Å². The molecule has 0 bridgehead atoms. The number of aliphatic hydroxyl groups excluding tert-OH is 1. The Kier molecular flexibility index (Phi) is 6.55. The summed E-state index contributed by atoms with van der Waals surface area (Å²) in [7, 11) is 0. The predicted octanol–water partition coefficient (Wildman–Crippen LogP) is 2.44. The van der Waals surface area contributed by atoms with E-state index in [-0.39, 0.29) is 13.2 Å². The molecule has 0 saturated heterocycles. The van der Waals surface area contributed by atoms with Crippen LogP contribution in [0.4, 0.5) is 13.2 Å². The average Bonchev–Trinajstić information content (AvgIpc) is 2.81. The fourth-order valence-corrected chi connectivity index (χ4v) is 2.09. The second-order valence-electron chi connectivity index (χ2n) is 3.92. The minimum absolute atomic E-state index is 0.0271. The van der Waals surface area contributed by atoms with Crippen molar-refractivity contribution in [2.24, 2.45) is 0 Å². The summed E-state index contributed by atoms with van der Waals surface area (Å²) in [5.74, 6) is 4.96. The molecule has 3 nitrogen and oxygen atoms in total. The summed E-state index contributed by atoms with van der Waals surface area (Å²) in [6.45, 7) is 0.137. The monoisotopic (exact) mass is 305 g/mol. The molecule has 0 aliphatic rings. The third-order valence-corrected chi connectivity index (χ3v) is 3.21. The van der Waals surface area contributed by atoms with E-state index in [1.807, 2.05) is 0 Å². The Balaban J connectivity index is 2.44. The molecule has 110 valence electrons. The summed E-state index contributed by atoms with van der Waals surface area (Å²) in [5, 5.41) is 12.9. The Bertz CT molecular complexity index is 500. The van der Waals surface area contributed by atoms with Crippen LogP contribution in [0.25, 0.3) is 0 Å². The molecule has 7 heteroatoms. The van der Waals surface area contributed by atoms with Gasteiger partial charge in [-0.15, -0.1) is 11.3 Å². The molecule has 0 atom stereocenters. The van der Waals surface area contributed by atoms with Crippen molar-refractivity contribution in [3.05, 3.63) is 21.9 Å². The SMILES string of the molecule is O=C(CCC(F)(F)F)NCc1sccc1C#CCCO. The first-order chi connectivity index (χ1) is 9.42. The van der Waals surface area contributed by atoms with Crippen LogP contribution in [-0.2, 0) is 11.3 Å². The Morgan fingerprint density at radius 3 is 2.85 bits per heavy atom. The Morgan fingerprint density at radius 1 is 1.45 bits per heavy atom. The zero-order chi connectivity index (χ0) is 15.0. The van der Waals surface area contributed by atoms with E-state index in [0.717, 1.165) is 10.4 Å². The molecule has 0 saturated carbocycles. The largest absolute Gasteiger partial charge is 0.395 e. The van der Waals surface area contributed by atoms with Crippen LogP contribution < -0.4 is 5.32 Å². The standard InChI is InChI=1S/C13H14F3NO2S/c14-13(15,16)6-4-12(19)17-9-11-10(5-8-20-11)3-1-2-7-18/h5,8,18H,2,4,6-7,9H2,(H,17,19). The van der Waals surface area contributed by atoms with Gasteiger partial charge in [-0.3, -0.25) is 4.79 Å². The van der Waals surface area contributed by atoms with Crippen molar-refractivity contribution in [1.29, 1.82) is 0 Å². The molecule has 1 rings (SSSR count). The van der Waals surface area contributed by atoms with Gasteiger partial charge in [-0.1, -0.05) is 11.8 Å². The molecule has 20 heavy (non-hydrogen) atoms. The van der Waals surface area contributed by atoms with Gasteiger partial charge in [0.15, 0.2) is 0 Å². The van der Waals surface area contributed by atoms with Gasteiger partial charge in [-0.05, 0) is 11.4 Å². The highest BCUT2D eigenvalue weighted by Gasteiger charge is 2.27. The highest BCUT2D eigenvalue weighted by atomic mass is 32.1. The molecular weight excluding hydrogens is 291 g/mol. The molecule has 1 amide bonds. The molecule has 0 aliphatic carbocycles. The fourth-order valence-electron chi connectivity index (χ4n) is 1.33. The van der Waals surface area contributed by atoms with E-state index in [0.29, 0.717) is 6.42 Å². The topological polar surface area (TPSA) is 49.3 Å². The lowest BCUT2D eigenvalue weighted by Gasteiger charge is -2.06. The van der Waals surface area contributed by atoms with Crippen molar-refractivity contribution in [2.75, 3.05) is 6.61 Å². The maximum atomic E-state index is 12.0. The van der Waals surface area contributed by atoms with Gasteiger partial charge < -0.3 is 10.4 Å². The highest BCUT2D eigenvalue weighted by molar-refractivity contribution is 7.10. The summed E-state index contributed by atoms with van der Waals surface area (Å²) in [6, 6.07) is 1.77. The quantitative estimate of drug-likeness (QED) is 0.821. The normalized spacial score (nSPS) is 10.8. The van der Waals surface area contributed by atoms with E-state index in [1.165, 1.54) is 11.3 Å². The molecule has 0 aromatic carbocycles. The van der Waals surface area contributed by atoms with Gasteiger partial charge in [0.2, 0.25) is 5.91 Å². The number of carbonyl (C=O) groups excluding carboxylic acids is 1. The first-order valence-electron chi connectivity index (χ1n) is 5.92. The molecule has 1 aromatic heterocycles. The van der Waals surface area contributed by atoms with Crippen LogP contribution in [0.15, 0.2) is 11.4 Å².